The van der Waals surface area contributed by atoms with Crippen LogP contribution in [0.3, 0.4) is 0 Å². The fourth-order valence-corrected chi connectivity index (χ4v) is 1.37. The summed E-state index contributed by atoms with van der Waals surface area (Å²) in [6, 6.07) is 4.87. The van der Waals surface area contributed by atoms with Crippen LogP contribution >= 0.6 is 12.6 Å². The first-order chi connectivity index (χ1) is 9.17. The molecule has 1 rings (SSSR count). The lowest BCUT2D eigenvalue weighted by Gasteiger charge is -2.08. The number of aromatic hydroxyl groups is 1. The van der Waals surface area contributed by atoms with Gasteiger partial charge in [0.05, 0.1) is 19.6 Å². The van der Waals surface area contributed by atoms with Gasteiger partial charge in [-0.1, -0.05) is 13.0 Å². The lowest BCUT2D eigenvalue weighted by molar-refractivity contribution is -0.142. The molecule has 4 nitrogen and oxygen atoms in total. The lowest BCUT2D eigenvalue weighted by atomic mass is 10.1. The van der Waals surface area contributed by atoms with Gasteiger partial charge in [0.25, 0.3) is 0 Å². The second kappa shape index (κ2) is 10.6. The Kier molecular flexibility index (Phi) is 9.80. The molecule has 0 saturated heterocycles. The number of thiol groups is 1. The topological polar surface area (TPSA) is 55.8 Å². The van der Waals surface area contributed by atoms with E-state index in [9.17, 15) is 9.90 Å². The van der Waals surface area contributed by atoms with Gasteiger partial charge in [-0.25, -0.2) is 0 Å². The Labute approximate surface area is 120 Å². The van der Waals surface area contributed by atoms with Crippen LogP contribution in [0.5, 0.6) is 11.5 Å². The summed E-state index contributed by atoms with van der Waals surface area (Å²) in [4.78, 5) is 11.4. The van der Waals surface area contributed by atoms with E-state index in [-0.39, 0.29) is 18.1 Å². The molecule has 0 heterocycles. The highest BCUT2D eigenvalue weighted by atomic mass is 32.1. The Morgan fingerprint density at radius 1 is 1.32 bits per heavy atom. The quantitative estimate of drug-likeness (QED) is 0.623. The molecule has 0 radical (unpaired) electrons. The molecular formula is C14H22O4S. The smallest absolute Gasteiger partial charge is 0.310 e. The maximum Gasteiger partial charge on any atom is 0.310 e. The van der Waals surface area contributed by atoms with Gasteiger partial charge in [0.1, 0.15) is 0 Å². The number of phenolic OH excluding ortho intramolecular Hbond substituents is 1. The van der Waals surface area contributed by atoms with E-state index < -0.39 is 0 Å². The Morgan fingerprint density at radius 2 is 2.00 bits per heavy atom. The van der Waals surface area contributed by atoms with E-state index >= 15 is 0 Å². The molecule has 0 aromatic heterocycles. The van der Waals surface area contributed by atoms with Crippen molar-refractivity contribution in [3.8, 4) is 11.5 Å². The molecule has 1 aromatic carbocycles. The van der Waals surface area contributed by atoms with Crippen LogP contribution in [0, 0.1) is 0 Å². The van der Waals surface area contributed by atoms with Crippen LogP contribution in [0.4, 0.5) is 0 Å². The Bertz CT molecular complexity index is 380. The van der Waals surface area contributed by atoms with Crippen LogP contribution in [0.15, 0.2) is 18.2 Å². The van der Waals surface area contributed by atoms with Crippen LogP contribution in [0.2, 0.25) is 0 Å². The first-order valence-corrected chi connectivity index (χ1v) is 7.11. The molecule has 0 spiro atoms. The molecule has 0 aliphatic rings. The summed E-state index contributed by atoms with van der Waals surface area (Å²) >= 11 is 3.53. The summed E-state index contributed by atoms with van der Waals surface area (Å²) < 4.78 is 10.2. The van der Waals surface area contributed by atoms with Crippen molar-refractivity contribution in [3.63, 3.8) is 0 Å². The number of carbonyl (C=O) groups excluding carboxylic acids is 1. The van der Waals surface area contributed by atoms with Crippen molar-refractivity contribution in [2.45, 2.75) is 26.7 Å². The van der Waals surface area contributed by atoms with Crippen molar-refractivity contribution < 1.29 is 19.4 Å². The fourth-order valence-electron chi connectivity index (χ4n) is 1.37. The number of hydrogen-bond acceptors (Lipinski definition) is 5. The van der Waals surface area contributed by atoms with Crippen molar-refractivity contribution in [2.75, 3.05) is 19.5 Å². The molecule has 0 bridgehead atoms. The van der Waals surface area contributed by atoms with Crippen LogP contribution in [0.25, 0.3) is 0 Å². The van der Waals surface area contributed by atoms with Gasteiger partial charge in [-0.15, -0.1) is 0 Å². The van der Waals surface area contributed by atoms with Gasteiger partial charge in [-0.2, -0.15) is 12.6 Å². The lowest BCUT2D eigenvalue weighted by Crippen LogP contribution is -2.08. The normalized spacial score (nSPS) is 9.26. The van der Waals surface area contributed by atoms with Crippen molar-refractivity contribution in [2.24, 2.45) is 0 Å². The summed E-state index contributed by atoms with van der Waals surface area (Å²) in [6.45, 7) is 4.69. The predicted molar refractivity (Wildman–Crippen MR) is 79.1 cm³/mol. The third kappa shape index (κ3) is 6.96. The minimum Gasteiger partial charge on any atom is -0.504 e. The van der Waals surface area contributed by atoms with Crippen molar-refractivity contribution in [3.05, 3.63) is 23.8 Å². The highest BCUT2D eigenvalue weighted by molar-refractivity contribution is 7.79. The molecule has 108 valence electrons. The van der Waals surface area contributed by atoms with Crippen molar-refractivity contribution in [1.29, 1.82) is 0 Å². The maximum absolute atomic E-state index is 11.4. The molecule has 0 fully saturated rings. The molecule has 0 unspecified atom stereocenters. The molecule has 0 saturated carbocycles. The fraction of sp³-hybridized carbons (Fsp3) is 0.500. The van der Waals surface area contributed by atoms with Gasteiger partial charge in [-0.05, 0) is 37.3 Å². The zero-order valence-electron chi connectivity index (χ0n) is 11.7. The van der Waals surface area contributed by atoms with Crippen molar-refractivity contribution in [1.82, 2.24) is 0 Å². The van der Waals surface area contributed by atoms with E-state index in [0.717, 1.165) is 12.0 Å². The Hall–Kier alpha value is -1.36. The molecule has 5 heteroatoms. The second-order valence-corrected chi connectivity index (χ2v) is 3.63. The molecule has 1 N–H and O–H groups in total. The van der Waals surface area contributed by atoms with Crippen LogP contribution in [-0.4, -0.2) is 30.5 Å². The third-order valence-electron chi connectivity index (χ3n) is 2.14. The summed E-state index contributed by atoms with van der Waals surface area (Å²) in [5.74, 6) is 0.214. The first-order valence-electron chi connectivity index (χ1n) is 6.22. The van der Waals surface area contributed by atoms with E-state index in [1.165, 1.54) is 6.07 Å². The van der Waals surface area contributed by atoms with Gasteiger partial charge < -0.3 is 14.6 Å². The van der Waals surface area contributed by atoms with E-state index in [0.29, 0.717) is 19.0 Å². The summed E-state index contributed by atoms with van der Waals surface area (Å²) in [5, 5.41) is 9.50. The van der Waals surface area contributed by atoms with E-state index in [1.807, 2.05) is 13.8 Å². The monoisotopic (exact) mass is 286 g/mol. The van der Waals surface area contributed by atoms with E-state index in [4.69, 9.17) is 9.47 Å². The van der Waals surface area contributed by atoms with E-state index in [2.05, 4.69) is 12.6 Å². The minimum atomic E-state index is -0.264. The van der Waals surface area contributed by atoms with Crippen LogP contribution in [-0.2, 0) is 16.0 Å². The molecule has 0 aliphatic carbocycles. The van der Waals surface area contributed by atoms with Gasteiger partial charge in [0.15, 0.2) is 11.5 Å². The Balaban J connectivity index is 0.00000154. The van der Waals surface area contributed by atoms with Gasteiger partial charge in [0, 0.05) is 0 Å². The zero-order chi connectivity index (χ0) is 14.7. The average molecular weight is 286 g/mol. The van der Waals surface area contributed by atoms with Crippen LogP contribution in [0.1, 0.15) is 25.8 Å². The summed E-state index contributed by atoms with van der Waals surface area (Å²) in [7, 11) is 0. The zero-order valence-corrected chi connectivity index (χ0v) is 12.6. The molecule has 19 heavy (non-hydrogen) atoms. The van der Waals surface area contributed by atoms with E-state index in [1.54, 1.807) is 18.4 Å². The number of benzene rings is 1. The predicted octanol–water partition coefficient (Wildman–Crippen LogP) is 2.83. The molecule has 0 amide bonds. The van der Waals surface area contributed by atoms with Gasteiger partial charge in [-0.3, -0.25) is 4.79 Å². The standard InChI is InChI=1S/C13H18O4.CH4S/c1-3-7-17-13(15)9-10-5-6-11(14)12(8-10)16-4-2;1-2/h5-6,8,14H,3-4,7,9H2,1-2H3;2H,1H3. The first kappa shape index (κ1) is 17.6. The maximum atomic E-state index is 11.4. The van der Waals surface area contributed by atoms with Crippen LogP contribution < -0.4 is 4.74 Å². The van der Waals surface area contributed by atoms with Gasteiger partial charge >= 0.3 is 5.97 Å². The molecule has 0 atom stereocenters. The number of phenols is 1. The number of esters is 1. The molecular weight excluding hydrogens is 264 g/mol. The van der Waals surface area contributed by atoms with Gasteiger partial charge in [0.2, 0.25) is 0 Å². The number of hydrogen-bond donors (Lipinski definition) is 2. The average Bonchev–Trinajstić information content (AvgIpc) is 2.43. The summed E-state index contributed by atoms with van der Waals surface area (Å²) in [6.07, 6.45) is 2.70. The highest BCUT2D eigenvalue weighted by Gasteiger charge is 2.08. The highest BCUT2D eigenvalue weighted by Crippen LogP contribution is 2.27. The third-order valence-corrected chi connectivity index (χ3v) is 2.14. The number of rotatable bonds is 6. The second-order valence-electron chi connectivity index (χ2n) is 3.63. The number of carbonyl (C=O) groups is 1. The Morgan fingerprint density at radius 3 is 2.58 bits per heavy atom. The minimum absolute atomic E-state index is 0.0810. The number of ether oxygens (including phenoxy) is 2. The molecule has 1 aromatic rings. The SMILES string of the molecule is CCCOC(=O)Cc1ccc(O)c(OCC)c1.CS. The molecule has 0 aliphatic heterocycles. The van der Waals surface area contributed by atoms with Crippen molar-refractivity contribution >= 4 is 18.6 Å². The largest absolute Gasteiger partial charge is 0.504 e. The summed E-state index contributed by atoms with van der Waals surface area (Å²) in [5.41, 5.74) is 0.771.